The van der Waals surface area contributed by atoms with Gasteiger partial charge in [0, 0.05) is 10.0 Å². The molecule has 0 radical (unpaired) electrons. The molecule has 19 heavy (non-hydrogen) atoms. The average molecular weight is 301 g/mol. The van der Waals surface area contributed by atoms with E-state index in [2.05, 4.69) is 5.32 Å². The quantitative estimate of drug-likeness (QED) is 0.689. The molecular formula is C12H10Cl2N2O3. The van der Waals surface area contributed by atoms with E-state index < -0.39 is 11.0 Å². The maximum Gasteiger partial charge on any atom is 0.433 e. The largest absolute Gasteiger partial charge is 0.433 e. The molecule has 0 spiro atoms. The highest BCUT2D eigenvalue weighted by Crippen LogP contribution is 2.32. The Hall–Kier alpha value is -1.56. The standard InChI is InChI=1S/C12H10Cl2N2O3/c1-15-12(8-6-7(13)2-3-9(8)14)10-4-5-11(19-10)16(17)18/h2-6,12,15H,1H3. The molecule has 0 aliphatic heterocycles. The lowest BCUT2D eigenvalue weighted by Crippen LogP contribution is -2.17. The van der Waals surface area contributed by atoms with E-state index in [0.29, 0.717) is 21.4 Å². The first-order valence-electron chi connectivity index (χ1n) is 5.39. The van der Waals surface area contributed by atoms with E-state index in [1.54, 1.807) is 25.2 Å². The molecule has 1 N–H and O–H groups in total. The third-order valence-electron chi connectivity index (χ3n) is 2.63. The second-order valence-corrected chi connectivity index (χ2v) is 4.66. The van der Waals surface area contributed by atoms with E-state index in [9.17, 15) is 10.1 Å². The molecule has 1 aromatic heterocycles. The lowest BCUT2D eigenvalue weighted by atomic mass is 10.0. The second-order valence-electron chi connectivity index (χ2n) is 3.82. The number of rotatable bonds is 4. The van der Waals surface area contributed by atoms with Crippen LogP contribution in [0.15, 0.2) is 34.7 Å². The minimum absolute atomic E-state index is 0.312. The summed E-state index contributed by atoms with van der Waals surface area (Å²) < 4.78 is 5.18. The van der Waals surface area contributed by atoms with Gasteiger partial charge in [-0.05, 0) is 36.9 Å². The van der Waals surface area contributed by atoms with Crippen LogP contribution in [0.3, 0.4) is 0 Å². The second kappa shape index (κ2) is 5.61. The zero-order chi connectivity index (χ0) is 14.0. The van der Waals surface area contributed by atoms with Gasteiger partial charge in [-0.25, -0.2) is 0 Å². The first-order chi connectivity index (χ1) is 9.02. The Balaban J connectivity index is 2.43. The van der Waals surface area contributed by atoms with Gasteiger partial charge in [0.1, 0.15) is 10.7 Å². The monoisotopic (exact) mass is 300 g/mol. The number of benzene rings is 1. The molecule has 0 fully saturated rings. The van der Waals surface area contributed by atoms with Crippen LogP contribution in [0.1, 0.15) is 17.4 Å². The van der Waals surface area contributed by atoms with Crippen LogP contribution in [0.4, 0.5) is 5.88 Å². The molecule has 1 aromatic carbocycles. The lowest BCUT2D eigenvalue weighted by molar-refractivity contribution is -0.402. The summed E-state index contributed by atoms with van der Waals surface area (Å²) >= 11 is 12.1. The SMILES string of the molecule is CNC(c1ccc([N+](=O)[O-])o1)c1cc(Cl)ccc1Cl. The summed E-state index contributed by atoms with van der Waals surface area (Å²) in [5, 5.41) is 14.7. The van der Waals surface area contributed by atoms with Crippen molar-refractivity contribution in [1.29, 1.82) is 0 Å². The molecule has 1 unspecified atom stereocenters. The maximum absolute atomic E-state index is 10.6. The van der Waals surface area contributed by atoms with Crippen molar-refractivity contribution in [1.82, 2.24) is 5.32 Å². The minimum Gasteiger partial charge on any atom is -0.404 e. The Kier molecular flexibility index (Phi) is 4.09. The molecule has 0 bridgehead atoms. The van der Waals surface area contributed by atoms with Crippen molar-refractivity contribution in [2.75, 3.05) is 7.05 Å². The molecule has 0 aliphatic carbocycles. The third-order valence-corrected chi connectivity index (χ3v) is 3.21. The predicted octanol–water partition coefficient (Wildman–Crippen LogP) is 3.80. The van der Waals surface area contributed by atoms with Gasteiger partial charge in [-0.15, -0.1) is 0 Å². The highest BCUT2D eigenvalue weighted by atomic mass is 35.5. The fourth-order valence-electron chi connectivity index (χ4n) is 1.78. The summed E-state index contributed by atoms with van der Waals surface area (Å²) in [7, 11) is 1.70. The van der Waals surface area contributed by atoms with Crippen molar-refractivity contribution in [2.24, 2.45) is 0 Å². The molecule has 100 valence electrons. The maximum atomic E-state index is 10.6. The first-order valence-corrected chi connectivity index (χ1v) is 6.15. The number of nitro groups is 1. The molecule has 0 amide bonds. The molecule has 2 rings (SSSR count). The van der Waals surface area contributed by atoms with Gasteiger partial charge >= 0.3 is 5.88 Å². The van der Waals surface area contributed by atoms with E-state index in [4.69, 9.17) is 27.6 Å². The van der Waals surface area contributed by atoms with Gasteiger partial charge in [0.25, 0.3) is 0 Å². The molecule has 1 heterocycles. The Bertz CT molecular complexity index is 613. The number of furan rings is 1. The topological polar surface area (TPSA) is 68.3 Å². The highest BCUT2D eigenvalue weighted by Gasteiger charge is 2.22. The van der Waals surface area contributed by atoms with Crippen molar-refractivity contribution >= 4 is 29.1 Å². The Morgan fingerprint density at radius 2 is 2.05 bits per heavy atom. The number of hydrogen-bond acceptors (Lipinski definition) is 4. The molecule has 1 atom stereocenters. The molecule has 0 saturated carbocycles. The smallest absolute Gasteiger partial charge is 0.404 e. The van der Waals surface area contributed by atoms with Crippen molar-refractivity contribution < 1.29 is 9.34 Å². The van der Waals surface area contributed by atoms with Crippen LogP contribution >= 0.6 is 23.2 Å². The van der Waals surface area contributed by atoms with E-state index >= 15 is 0 Å². The number of nitrogens with one attached hydrogen (secondary N) is 1. The van der Waals surface area contributed by atoms with Crippen molar-refractivity contribution in [3.63, 3.8) is 0 Å². The van der Waals surface area contributed by atoms with Crippen LogP contribution in [-0.4, -0.2) is 12.0 Å². The summed E-state index contributed by atoms with van der Waals surface area (Å²) in [5.41, 5.74) is 0.695. The van der Waals surface area contributed by atoms with Gasteiger partial charge in [-0.2, -0.15) is 0 Å². The van der Waals surface area contributed by atoms with Crippen LogP contribution < -0.4 is 5.32 Å². The van der Waals surface area contributed by atoms with Crippen molar-refractivity contribution in [3.8, 4) is 0 Å². The van der Waals surface area contributed by atoms with Gasteiger partial charge in [-0.3, -0.25) is 10.1 Å². The Morgan fingerprint density at radius 1 is 1.32 bits per heavy atom. The predicted molar refractivity (Wildman–Crippen MR) is 72.7 cm³/mol. The summed E-state index contributed by atoms with van der Waals surface area (Å²) in [6.45, 7) is 0. The van der Waals surface area contributed by atoms with E-state index in [-0.39, 0.29) is 5.88 Å². The minimum atomic E-state index is -0.588. The molecule has 7 heteroatoms. The number of nitrogens with zero attached hydrogens (tertiary/aromatic N) is 1. The van der Waals surface area contributed by atoms with E-state index in [0.717, 1.165) is 0 Å². The van der Waals surface area contributed by atoms with E-state index in [1.165, 1.54) is 12.1 Å². The highest BCUT2D eigenvalue weighted by molar-refractivity contribution is 6.33. The zero-order valence-corrected chi connectivity index (χ0v) is 11.4. The Morgan fingerprint density at radius 3 is 2.63 bits per heavy atom. The van der Waals surface area contributed by atoms with Crippen LogP contribution in [0, 0.1) is 10.1 Å². The van der Waals surface area contributed by atoms with E-state index in [1.807, 2.05) is 0 Å². The number of hydrogen-bond donors (Lipinski definition) is 1. The van der Waals surface area contributed by atoms with Crippen molar-refractivity contribution in [3.05, 3.63) is 61.8 Å². The van der Waals surface area contributed by atoms with Gasteiger partial charge in [0.15, 0.2) is 0 Å². The molecule has 5 nitrogen and oxygen atoms in total. The van der Waals surface area contributed by atoms with Crippen LogP contribution in [-0.2, 0) is 0 Å². The first kappa shape index (κ1) is 13.9. The third kappa shape index (κ3) is 2.89. The lowest BCUT2D eigenvalue weighted by Gasteiger charge is -2.15. The fraction of sp³-hybridized carbons (Fsp3) is 0.167. The fourth-order valence-corrected chi connectivity index (χ4v) is 2.19. The van der Waals surface area contributed by atoms with Gasteiger partial charge in [0.2, 0.25) is 0 Å². The zero-order valence-electron chi connectivity index (χ0n) is 9.89. The van der Waals surface area contributed by atoms with Crippen LogP contribution in [0.25, 0.3) is 0 Å². The summed E-state index contributed by atoms with van der Waals surface area (Å²) in [4.78, 5) is 10.0. The average Bonchev–Trinajstić information content (AvgIpc) is 2.84. The summed E-state index contributed by atoms with van der Waals surface area (Å²) in [6.07, 6.45) is 0. The van der Waals surface area contributed by atoms with Gasteiger partial charge < -0.3 is 9.73 Å². The number of halogens is 2. The summed E-state index contributed by atoms with van der Waals surface area (Å²) in [5.74, 6) is 0.0896. The van der Waals surface area contributed by atoms with Crippen LogP contribution in [0.2, 0.25) is 10.0 Å². The van der Waals surface area contributed by atoms with Crippen LogP contribution in [0.5, 0.6) is 0 Å². The summed E-state index contributed by atoms with van der Waals surface area (Å²) in [6, 6.07) is 7.47. The molecule has 0 saturated heterocycles. The molecule has 2 aromatic rings. The normalized spacial score (nSPS) is 12.4. The van der Waals surface area contributed by atoms with Gasteiger partial charge in [-0.1, -0.05) is 23.2 Å². The van der Waals surface area contributed by atoms with Crippen molar-refractivity contribution in [2.45, 2.75) is 6.04 Å². The molecular weight excluding hydrogens is 291 g/mol. The van der Waals surface area contributed by atoms with Gasteiger partial charge in [0.05, 0.1) is 12.1 Å². The molecule has 0 aliphatic rings. The Labute approximate surface area is 119 Å².